The third-order valence-electron chi connectivity index (χ3n) is 1.69. The van der Waals surface area contributed by atoms with Crippen molar-refractivity contribution in [1.82, 2.24) is 9.97 Å². The Labute approximate surface area is 77.4 Å². The predicted octanol–water partition coefficient (Wildman–Crippen LogP) is 1.25. The highest BCUT2D eigenvalue weighted by Crippen LogP contribution is 2.37. The van der Waals surface area contributed by atoms with Gasteiger partial charge in [0.25, 0.3) is 5.56 Å². The summed E-state index contributed by atoms with van der Waals surface area (Å²) in [6.45, 7) is 0. The topological polar surface area (TPSA) is 45.8 Å². The van der Waals surface area contributed by atoms with Crippen molar-refractivity contribution < 1.29 is 0 Å². The summed E-state index contributed by atoms with van der Waals surface area (Å²) in [4.78, 5) is 17.9. The van der Waals surface area contributed by atoms with E-state index in [4.69, 9.17) is 0 Å². The van der Waals surface area contributed by atoms with E-state index in [1.165, 1.54) is 18.9 Å². The largest absolute Gasteiger partial charge is 0.310 e. The number of rotatable bonds is 1. The van der Waals surface area contributed by atoms with Crippen LogP contribution in [0.2, 0.25) is 0 Å². The fourth-order valence-corrected chi connectivity index (χ4v) is 1.54. The van der Waals surface area contributed by atoms with Gasteiger partial charge < -0.3 is 4.98 Å². The average Bonchev–Trinajstić information content (AvgIpc) is 2.64. The predicted molar refractivity (Wildman–Crippen MR) is 49.5 cm³/mol. The molecule has 1 heterocycles. The molecular weight excluding hydrogens is 255 g/mol. The molecule has 0 aromatic carbocycles. The minimum absolute atomic E-state index is 0.0358. The zero-order valence-electron chi connectivity index (χ0n) is 5.80. The van der Waals surface area contributed by atoms with Crippen LogP contribution in [0.1, 0.15) is 24.6 Å². The van der Waals surface area contributed by atoms with Gasteiger partial charge in [-0.1, -0.05) is 0 Å². The highest BCUT2D eigenvalue weighted by atomic mass is 127. The Bertz CT molecular complexity index is 329. The third-order valence-corrected chi connectivity index (χ3v) is 2.25. The van der Waals surface area contributed by atoms with Crippen LogP contribution in [0, 0.1) is 3.70 Å². The molecule has 3 nitrogen and oxygen atoms in total. The fraction of sp³-hybridized carbons (Fsp3) is 0.429. The van der Waals surface area contributed by atoms with Crippen LogP contribution in [0.4, 0.5) is 0 Å². The van der Waals surface area contributed by atoms with Crippen LogP contribution >= 0.6 is 22.6 Å². The van der Waals surface area contributed by atoms with E-state index in [-0.39, 0.29) is 5.56 Å². The number of halogens is 1. The summed E-state index contributed by atoms with van der Waals surface area (Å²) >= 11 is 2.06. The molecule has 0 radical (unpaired) electrons. The highest BCUT2D eigenvalue weighted by molar-refractivity contribution is 14.1. The van der Waals surface area contributed by atoms with Crippen LogP contribution in [0.15, 0.2) is 10.9 Å². The second kappa shape index (κ2) is 2.58. The first kappa shape index (κ1) is 7.27. The Morgan fingerprint density at radius 3 is 2.91 bits per heavy atom. The summed E-state index contributed by atoms with van der Waals surface area (Å²) in [5, 5.41) is 0. The van der Waals surface area contributed by atoms with Crippen molar-refractivity contribution in [3.05, 3.63) is 25.9 Å². The maximum absolute atomic E-state index is 10.9. The van der Waals surface area contributed by atoms with Crippen LogP contribution in [-0.4, -0.2) is 9.97 Å². The minimum atomic E-state index is -0.0358. The van der Waals surface area contributed by atoms with Crippen LogP contribution in [0.25, 0.3) is 0 Å². The molecule has 1 aromatic rings. The summed E-state index contributed by atoms with van der Waals surface area (Å²) in [5.41, 5.74) is -0.0358. The third kappa shape index (κ3) is 1.61. The van der Waals surface area contributed by atoms with E-state index in [1.807, 2.05) is 0 Å². The van der Waals surface area contributed by atoms with Gasteiger partial charge in [-0.05, 0) is 35.4 Å². The summed E-state index contributed by atoms with van der Waals surface area (Å²) < 4.78 is 0.785. The summed E-state index contributed by atoms with van der Waals surface area (Å²) in [6, 6.07) is 1.51. The van der Waals surface area contributed by atoms with Gasteiger partial charge in [-0.2, -0.15) is 0 Å². The second-order valence-corrected chi connectivity index (χ2v) is 3.83. The molecule has 0 spiro atoms. The molecular formula is C7H7IN2O. The first-order valence-corrected chi connectivity index (χ1v) is 4.60. The molecule has 1 fully saturated rings. The van der Waals surface area contributed by atoms with E-state index < -0.39 is 0 Å². The molecule has 1 aliphatic carbocycles. The first-order chi connectivity index (χ1) is 5.25. The Hall–Kier alpha value is -0.390. The van der Waals surface area contributed by atoms with E-state index in [0.29, 0.717) is 5.92 Å². The van der Waals surface area contributed by atoms with Gasteiger partial charge in [0.1, 0.15) is 9.53 Å². The highest BCUT2D eigenvalue weighted by Gasteiger charge is 2.26. The number of aromatic nitrogens is 2. The Balaban J connectivity index is 2.47. The number of nitrogens with zero attached hydrogens (tertiary/aromatic N) is 1. The standard InChI is InChI=1S/C7H7IN2O/c8-5-3-6(11)10-7(9-5)4-1-2-4/h3-4H,1-2H2,(H,9,10,11). The Kier molecular flexibility index (Phi) is 1.71. The number of nitrogens with one attached hydrogen (secondary N) is 1. The Morgan fingerprint density at radius 1 is 1.64 bits per heavy atom. The number of H-pyrrole nitrogens is 1. The maximum Gasteiger partial charge on any atom is 0.251 e. The molecule has 4 heteroatoms. The SMILES string of the molecule is O=c1cc(I)nc(C2CC2)[nH]1. The van der Waals surface area contributed by atoms with Gasteiger partial charge in [-0.15, -0.1) is 0 Å². The molecule has 0 saturated heterocycles. The lowest BCUT2D eigenvalue weighted by Crippen LogP contribution is -2.10. The molecule has 0 aliphatic heterocycles. The van der Waals surface area contributed by atoms with Crippen molar-refractivity contribution in [2.75, 3.05) is 0 Å². The molecule has 58 valence electrons. The number of hydrogen-bond acceptors (Lipinski definition) is 2. The lowest BCUT2D eigenvalue weighted by molar-refractivity contribution is 0.895. The zero-order valence-corrected chi connectivity index (χ0v) is 7.96. The fourth-order valence-electron chi connectivity index (χ4n) is 0.996. The maximum atomic E-state index is 10.9. The number of aromatic amines is 1. The van der Waals surface area contributed by atoms with Gasteiger partial charge in [-0.25, -0.2) is 4.98 Å². The van der Waals surface area contributed by atoms with Gasteiger partial charge in [0, 0.05) is 12.0 Å². The van der Waals surface area contributed by atoms with Crippen molar-refractivity contribution in [2.45, 2.75) is 18.8 Å². The average molecular weight is 262 g/mol. The Morgan fingerprint density at radius 2 is 2.36 bits per heavy atom. The van der Waals surface area contributed by atoms with Crippen molar-refractivity contribution in [3.8, 4) is 0 Å². The minimum Gasteiger partial charge on any atom is -0.310 e. The molecule has 1 aliphatic rings. The van der Waals surface area contributed by atoms with E-state index >= 15 is 0 Å². The van der Waals surface area contributed by atoms with Crippen LogP contribution in [0.3, 0.4) is 0 Å². The molecule has 1 saturated carbocycles. The molecule has 1 N–H and O–H groups in total. The summed E-state index contributed by atoms with van der Waals surface area (Å²) in [6.07, 6.45) is 2.34. The lowest BCUT2D eigenvalue weighted by atomic mass is 10.4. The van der Waals surface area contributed by atoms with E-state index in [1.54, 1.807) is 0 Å². The van der Waals surface area contributed by atoms with Gasteiger partial charge >= 0.3 is 0 Å². The van der Waals surface area contributed by atoms with E-state index in [2.05, 4.69) is 32.6 Å². The monoisotopic (exact) mass is 262 g/mol. The molecule has 0 bridgehead atoms. The smallest absolute Gasteiger partial charge is 0.251 e. The second-order valence-electron chi connectivity index (χ2n) is 2.73. The normalized spacial score (nSPS) is 16.8. The van der Waals surface area contributed by atoms with E-state index in [9.17, 15) is 4.79 Å². The first-order valence-electron chi connectivity index (χ1n) is 3.52. The quantitative estimate of drug-likeness (QED) is 0.611. The van der Waals surface area contributed by atoms with Crippen molar-refractivity contribution >= 4 is 22.6 Å². The van der Waals surface area contributed by atoms with Crippen molar-refractivity contribution in [2.24, 2.45) is 0 Å². The van der Waals surface area contributed by atoms with Crippen LogP contribution < -0.4 is 5.56 Å². The van der Waals surface area contributed by atoms with Gasteiger partial charge in [0.05, 0.1) is 0 Å². The van der Waals surface area contributed by atoms with Crippen LogP contribution in [-0.2, 0) is 0 Å². The van der Waals surface area contributed by atoms with Gasteiger partial charge in [0.2, 0.25) is 0 Å². The molecule has 0 unspecified atom stereocenters. The molecule has 11 heavy (non-hydrogen) atoms. The van der Waals surface area contributed by atoms with E-state index in [0.717, 1.165) is 9.53 Å². The molecule has 2 rings (SSSR count). The summed E-state index contributed by atoms with van der Waals surface area (Å²) in [5.74, 6) is 1.39. The summed E-state index contributed by atoms with van der Waals surface area (Å²) in [7, 11) is 0. The van der Waals surface area contributed by atoms with Crippen molar-refractivity contribution in [1.29, 1.82) is 0 Å². The van der Waals surface area contributed by atoms with Crippen molar-refractivity contribution in [3.63, 3.8) is 0 Å². The lowest BCUT2D eigenvalue weighted by Gasteiger charge is -1.95. The van der Waals surface area contributed by atoms with Crippen LogP contribution in [0.5, 0.6) is 0 Å². The molecule has 0 atom stereocenters. The van der Waals surface area contributed by atoms with Gasteiger partial charge in [-0.3, -0.25) is 4.79 Å². The zero-order chi connectivity index (χ0) is 7.84. The molecule has 0 amide bonds. The number of hydrogen-bond donors (Lipinski definition) is 1. The van der Waals surface area contributed by atoms with Gasteiger partial charge in [0.15, 0.2) is 0 Å². The molecule has 1 aromatic heterocycles.